The van der Waals surface area contributed by atoms with Gasteiger partial charge in [0.1, 0.15) is 6.61 Å². The van der Waals surface area contributed by atoms with E-state index in [1.807, 2.05) is 43.3 Å². The maximum atomic E-state index is 12.6. The molecule has 0 saturated carbocycles. The summed E-state index contributed by atoms with van der Waals surface area (Å²) >= 11 is 7.43. The quantitative estimate of drug-likeness (QED) is 0.855. The van der Waals surface area contributed by atoms with Gasteiger partial charge in [-0.3, -0.25) is 4.79 Å². The molecule has 0 saturated heterocycles. The lowest BCUT2D eigenvalue weighted by Gasteiger charge is -2.30. The van der Waals surface area contributed by atoms with Crippen LogP contribution in [0.15, 0.2) is 36.4 Å². The van der Waals surface area contributed by atoms with Crippen molar-refractivity contribution in [2.24, 2.45) is 0 Å². The monoisotopic (exact) mass is 337 g/mol. The summed E-state index contributed by atoms with van der Waals surface area (Å²) in [6.07, 6.45) is -0.606. The molecule has 1 atom stereocenters. The van der Waals surface area contributed by atoms with Gasteiger partial charge in [-0.2, -0.15) is 0 Å². The van der Waals surface area contributed by atoms with Crippen LogP contribution >= 0.6 is 22.9 Å². The lowest BCUT2D eigenvalue weighted by atomic mass is 10.2. The zero-order valence-electron chi connectivity index (χ0n) is 12.1. The Labute approximate surface area is 138 Å². The largest absolute Gasteiger partial charge is 0.485 e. The third kappa shape index (κ3) is 3.20. The van der Waals surface area contributed by atoms with E-state index in [2.05, 4.69) is 0 Å². The summed E-state index contributed by atoms with van der Waals surface area (Å²) in [5.74, 6) is 1.23. The fourth-order valence-corrected chi connectivity index (χ4v) is 3.42. The molecule has 0 N–H and O–H groups in total. The van der Waals surface area contributed by atoms with Gasteiger partial charge in [0.25, 0.3) is 5.91 Å². The van der Waals surface area contributed by atoms with E-state index in [1.54, 1.807) is 4.90 Å². The second kappa shape index (κ2) is 6.58. The molecule has 0 spiro atoms. The Bertz CT molecular complexity index is 673. The van der Waals surface area contributed by atoms with E-state index in [0.717, 1.165) is 9.21 Å². The fraction of sp³-hybridized carbons (Fsp3) is 0.312. The number of nitrogens with zero attached hydrogens (tertiary/aromatic N) is 1. The van der Waals surface area contributed by atoms with Gasteiger partial charge in [-0.15, -0.1) is 11.3 Å². The molecule has 116 valence electrons. The molecule has 2 aromatic rings. The van der Waals surface area contributed by atoms with Crippen LogP contribution in [-0.4, -0.2) is 30.1 Å². The summed E-state index contributed by atoms with van der Waals surface area (Å²) in [7, 11) is 0. The molecule has 3 rings (SSSR count). The molecule has 0 radical (unpaired) electrons. The topological polar surface area (TPSA) is 38.8 Å². The van der Waals surface area contributed by atoms with Crippen molar-refractivity contribution in [3.05, 3.63) is 45.6 Å². The molecule has 2 heterocycles. The van der Waals surface area contributed by atoms with Gasteiger partial charge in [0.2, 0.25) is 6.10 Å². The molecule has 1 aliphatic rings. The normalized spacial score (nSPS) is 16.4. The van der Waals surface area contributed by atoms with Gasteiger partial charge in [0.05, 0.1) is 10.9 Å². The van der Waals surface area contributed by atoms with Crippen LogP contribution in [-0.2, 0) is 11.3 Å². The van der Waals surface area contributed by atoms with Gasteiger partial charge in [0, 0.05) is 11.4 Å². The molecule has 0 fully saturated rings. The average Bonchev–Trinajstić information content (AvgIpc) is 2.96. The Morgan fingerprint density at radius 2 is 2.09 bits per heavy atom. The Balaban J connectivity index is 1.69. The van der Waals surface area contributed by atoms with E-state index in [-0.39, 0.29) is 12.5 Å². The van der Waals surface area contributed by atoms with Crippen molar-refractivity contribution in [3.8, 4) is 11.5 Å². The average molecular weight is 338 g/mol. The molecule has 0 unspecified atom stereocenters. The van der Waals surface area contributed by atoms with E-state index in [9.17, 15) is 4.79 Å². The third-order valence-corrected chi connectivity index (χ3v) is 4.67. The molecule has 1 aromatic heterocycles. The van der Waals surface area contributed by atoms with Crippen LogP contribution < -0.4 is 9.47 Å². The van der Waals surface area contributed by atoms with Crippen molar-refractivity contribution in [1.82, 2.24) is 4.90 Å². The highest BCUT2D eigenvalue weighted by atomic mass is 35.5. The minimum absolute atomic E-state index is 0.0680. The highest BCUT2D eigenvalue weighted by molar-refractivity contribution is 7.16. The van der Waals surface area contributed by atoms with Crippen LogP contribution in [0.2, 0.25) is 4.34 Å². The summed E-state index contributed by atoms with van der Waals surface area (Å²) in [6.45, 7) is 3.33. The molecule has 1 aromatic carbocycles. The molecule has 0 aliphatic carbocycles. The smallest absolute Gasteiger partial charge is 0.267 e. The number of rotatable bonds is 4. The van der Waals surface area contributed by atoms with E-state index in [0.29, 0.717) is 24.6 Å². The first-order chi connectivity index (χ1) is 10.7. The number of amides is 1. The van der Waals surface area contributed by atoms with Crippen LogP contribution in [0.1, 0.15) is 11.8 Å². The number of likely N-dealkylation sites (N-methyl/N-ethyl adjacent to an activating group) is 1. The minimum Gasteiger partial charge on any atom is -0.485 e. The van der Waals surface area contributed by atoms with Crippen LogP contribution in [0.5, 0.6) is 11.5 Å². The number of hydrogen-bond acceptors (Lipinski definition) is 4. The molecular formula is C16H16ClNO3S. The molecule has 4 nitrogen and oxygen atoms in total. The fourth-order valence-electron chi connectivity index (χ4n) is 2.32. The van der Waals surface area contributed by atoms with Gasteiger partial charge in [0.15, 0.2) is 11.5 Å². The van der Waals surface area contributed by atoms with E-state index in [4.69, 9.17) is 21.1 Å². The lowest BCUT2D eigenvalue weighted by molar-refractivity contribution is -0.141. The minimum atomic E-state index is -0.606. The van der Waals surface area contributed by atoms with Gasteiger partial charge in [-0.1, -0.05) is 23.7 Å². The van der Waals surface area contributed by atoms with E-state index < -0.39 is 6.10 Å². The van der Waals surface area contributed by atoms with Crippen molar-refractivity contribution >= 4 is 28.8 Å². The van der Waals surface area contributed by atoms with Crippen molar-refractivity contribution in [2.45, 2.75) is 19.6 Å². The zero-order chi connectivity index (χ0) is 15.5. The maximum Gasteiger partial charge on any atom is 0.267 e. The lowest BCUT2D eigenvalue weighted by Crippen LogP contribution is -2.45. The third-order valence-electron chi connectivity index (χ3n) is 3.45. The molecule has 1 amide bonds. The Morgan fingerprint density at radius 3 is 2.77 bits per heavy atom. The first-order valence-corrected chi connectivity index (χ1v) is 8.28. The number of ether oxygens (including phenoxy) is 2. The van der Waals surface area contributed by atoms with Gasteiger partial charge in [-0.05, 0) is 31.2 Å². The van der Waals surface area contributed by atoms with Crippen molar-refractivity contribution < 1.29 is 14.3 Å². The summed E-state index contributed by atoms with van der Waals surface area (Å²) < 4.78 is 12.1. The summed E-state index contributed by atoms with van der Waals surface area (Å²) in [6, 6.07) is 11.2. The predicted octanol–water partition coefficient (Wildman–Crippen LogP) is 3.59. The number of carbonyl (C=O) groups is 1. The molecule has 1 aliphatic heterocycles. The SMILES string of the molecule is CCN(Cc1ccc(Cl)s1)C(=O)[C@H]1COc2ccccc2O1. The van der Waals surface area contributed by atoms with Crippen molar-refractivity contribution in [2.75, 3.05) is 13.2 Å². The van der Waals surface area contributed by atoms with Crippen LogP contribution in [0.25, 0.3) is 0 Å². The molecular weight excluding hydrogens is 322 g/mol. The van der Waals surface area contributed by atoms with Gasteiger partial charge >= 0.3 is 0 Å². The standard InChI is InChI=1S/C16H16ClNO3S/c1-2-18(9-11-7-8-15(17)22-11)16(19)14-10-20-12-5-3-4-6-13(12)21-14/h3-8,14H,2,9-10H2,1H3/t14-/m1/s1. The number of para-hydroxylation sites is 2. The predicted molar refractivity (Wildman–Crippen MR) is 86.8 cm³/mol. The maximum absolute atomic E-state index is 12.6. The highest BCUT2D eigenvalue weighted by Gasteiger charge is 2.30. The number of fused-ring (bicyclic) bond motifs is 1. The summed E-state index contributed by atoms with van der Waals surface area (Å²) in [5, 5.41) is 0. The van der Waals surface area contributed by atoms with Crippen LogP contribution in [0.3, 0.4) is 0 Å². The van der Waals surface area contributed by atoms with Crippen LogP contribution in [0, 0.1) is 0 Å². The number of thiophene rings is 1. The Kier molecular flexibility index (Phi) is 4.55. The van der Waals surface area contributed by atoms with Crippen LogP contribution in [0.4, 0.5) is 0 Å². The van der Waals surface area contributed by atoms with E-state index >= 15 is 0 Å². The zero-order valence-corrected chi connectivity index (χ0v) is 13.7. The first-order valence-electron chi connectivity index (χ1n) is 7.09. The number of carbonyl (C=O) groups excluding carboxylic acids is 1. The second-order valence-corrected chi connectivity index (χ2v) is 6.72. The molecule has 6 heteroatoms. The number of hydrogen-bond donors (Lipinski definition) is 0. The van der Waals surface area contributed by atoms with E-state index in [1.165, 1.54) is 11.3 Å². The van der Waals surface area contributed by atoms with Gasteiger partial charge in [-0.25, -0.2) is 0 Å². The van der Waals surface area contributed by atoms with Crippen molar-refractivity contribution in [3.63, 3.8) is 0 Å². The second-order valence-electron chi connectivity index (χ2n) is 4.92. The van der Waals surface area contributed by atoms with Gasteiger partial charge < -0.3 is 14.4 Å². The van der Waals surface area contributed by atoms with Crippen molar-refractivity contribution in [1.29, 1.82) is 0 Å². The Morgan fingerprint density at radius 1 is 1.32 bits per heavy atom. The number of benzene rings is 1. The molecule has 0 bridgehead atoms. The summed E-state index contributed by atoms with van der Waals surface area (Å²) in [5.41, 5.74) is 0. The first kappa shape index (κ1) is 15.2. The highest BCUT2D eigenvalue weighted by Crippen LogP contribution is 2.31. The number of halogens is 1. The summed E-state index contributed by atoms with van der Waals surface area (Å²) in [4.78, 5) is 15.5. The molecule has 22 heavy (non-hydrogen) atoms. The Hall–Kier alpha value is -1.72.